The first-order chi connectivity index (χ1) is 8.49. The molecule has 2 N–H and O–H groups in total. The zero-order chi connectivity index (χ0) is 13.5. The quantitative estimate of drug-likeness (QED) is 0.509. The topological polar surface area (TPSA) is 38.9 Å². The van der Waals surface area contributed by atoms with Crippen molar-refractivity contribution in [2.24, 2.45) is 0 Å². The number of anilines is 1. The van der Waals surface area contributed by atoms with Crippen molar-refractivity contribution in [3.8, 4) is 0 Å². The molecular formula is C15H19BrCl2N2Ru. The zero-order valence-corrected chi connectivity index (χ0v) is 17.0. The molecule has 2 nitrogen and oxygen atoms in total. The van der Waals surface area contributed by atoms with E-state index in [-0.39, 0.29) is 44.3 Å². The number of hydrogen-bond acceptors (Lipinski definition) is 2. The first-order valence-corrected chi connectivity index (χ1v) is 6.72. The largest absolute Gasteiger partial charge is 2.00 e. The number of halogens is 3. The maximum absolute atomic E-state index is 5.29. The van der Waals surface area contributed by atoms with Crippen LogP contribution >= 0.6 is 15.9 Å². The second kappa shape index (κ2) is 13.5. The Bertz CT molecular complexity index is 455. The van der Waals surface area contributed by atoms with E-state index in [9.17, 15) is 0 Å². The molecule has 0 bridgehead atoms. The van der Waals surface area contributed by atoms with E-state index in [0.29, 0.717) is 11.7 Å². The van der Waals surface area contributed by atoms with Crippen LogP contribution in [0.4, 0.5) is 5.82 Å². The summed E-state index contributed by atoms with van der Waals surface area (Å²) in [5, 5.41) is 0. The van der Waals surface area contributed by atoms with Gasteiger partial charge in [0.05, 0.1) is 0 Å². The minimum absolute atomic E-state index is 0. The van der Waals surface area contributed by atoms with Crippen LogP contribution in [0.3, 0.4) is 0 Å². The Hall–Kier alpha value is -0.147. The van der Waals surface area contributed by atoms with Crippen LogP contribution in [-0.4, -0.2) is 4.98 Å². The predicted octanol–water partition coefficient (Wildman–Crippen LogP) is -1.45. The smallest absolute Gasteiger partial charge is 1.00 e. The van der Waals surface area contributed by atoms with E-state index in [1.807, 2.05) is 6.07 Å². The third-order valence-corrected chi connectivity index (χ3v) is 2.96. The monoisotopic (exact) mass is 478 g/mol. The molecule has 0 fully saturated rings. The summed E-state index contributed by atoms with van der Waals surface area (Å²) in [6, 6.07) is 12.3. The van der Waals surface area contributed by atoms with Crippen LogP contribution in [0.1, 0.15) is 30.9 Å². The number of aromatic nitrogens is 1. The number of aryl methyl sites for hydroxylation is 1. The van der Waals surface area contributed by atoms with Gasteiger partial charge in [0.15, 0.2) is 0 Å². The Kier molecular flexibility index (Phi) is 16.6. The second-order valence-electron chi connectivity index (χ2n) is 4.47. The molecule has 1 aromatic heterocycles. The maximum Gasteiger partial charge on any atom is 2.00 e. The summed E-state index contributed by atoms with van der Waals surface area (Å²) in [4.78, 5) is 3.81. The Morgan fingerprint density at radius 2 is 1.52 bits per heavy atom. The first-order valence-electron chi connectivity index (χ1n) is 5.92. The van der Waals surface area contributed by atoms with Gasteiger partial charge in [0.25, 0.3) is 0 Å². The van der Waals surface area contributed by atoms with Crippen molar-refractivity contribution in [1.29, 1.82) is 0 Å². The van der Waals surface area contributed by atoms with Gasteiger partial charge in [-0.15, -0.1) is 0 Å². The minimum Gasteiger partial charge on any atom is -1.00 e. The number of nitrogens with zero attached hydrogens (tertiary/aromatic N) is 1. The molecule has 21 heavy (non-hydrogen) atoms. The van der Waals surface area contributed by atoms with Gasteiger partial charge < -0.3 is 30.5 Å². The number of nitrogen functional groups attached to an aromatic ring is 1. The van der Waals surface area contributed by atoms with Crippen LogP contribution in [0.5, 0.6) is 0 Å². The van der Waals surface area contributed by atoms with Crippen LogP contribution in [0, 0.1) is 6.92 Å². The number of rotatable bonds is 1. The summed E-state index contributed by atoms with van der Waals surface area (Å²) in [7, 11) is 0. The molecule has 2 aromatic rings. The van der Waals surface area contributed by atoms with E-state index in [4.69, 9.17) is 5.73 Å². The van der Waals surface area contributed by atoms with Gasteiger partial charge in [0, 0.05) is 10.7 Å². The molecule has 0 radical (unpaired) electrons. The van der Waals surface area contributed by atoms with Gasteiger partial charge in [0.2, 0.25) is 0 Å². The third kappa shape index (κ3) is 11.1. The van der Waals surface area contributed by atoms with Crippen molar-refractivity contribution in [2.45, 2.75) is 26.7 Å². The minimum atomic E-state index is 0. The van der Waals surface area contributed by atoms with Crippen LogP contribution in [0.2, 0.25) is 0 Å². The van der Waals surface area contributed by atoms with E-state index >= 15 is 0 Å². The average molecular weight is 479 g/mol. The van der Waals surface area contributed by atoms with Crippen LogP contribution in [0.25, 0.3) is 0 Å². The van der Waals surface area contributed by atoms with Gasteiger partial charge in [-0.1, -0.05) is 43.7 Å². The van der Waals surface area contributed by atoms with Gasteiger partial charge in [-0.3, -0.25) is 0 Å². The first kappa shape index (κ1) is 25.8. The third-order valence-electron chi connectivity index (χ3n) is 2.49. The Morgan fingerprint density at radius 1 is 1.00 bits per heavy atom. The molecule has 0 unspecified atom stereocenters. The molecule has 6 heteroatoms. The van der Waals surface area contributed by atoms with E-state index < -0.39 is 0 Å². The molecule has 0 saturated carbocycles. The van der Waals surface area contributed by atoms with Crippen LogP contribution in [-0.2, 0) is 19.5 Å². The van der Waals surface area contributed by atoms with E-state index in [2.05, 4.69) is 66.0 Å². The summed E-state index contributed by atoms with van der Waals surface area (Å²) in [6.07, 6.45) is 1.66. The summed E-state index contributed by atoms with van der Waals surface area (Å²) in [6.45, 7) is 6.54. The second-order valence-corrected chi connectivity index (χ2v) is 5.38. The molecule has 0 atom stereocenters. The van der Waals surface area contributed by atoms with E-state index in [1.165, 1.54) is 11.1 Å². The van der Waals surface area contributed by atoms with Gasteiger partial charge >= 0.3 is 19.5 Å². The molecule has 0 spiro atoms. The van der Waals surface area contributed by atoms with Crippen molar-refractivity contribution < 1.29 is 44.3 Å². The molecule has 2 rings (SSSR count). The van der Waals surface area contributed by atoms with Crippen molar-refractivity contribution in [2.75, 3.05) is 5.73 Å². The number of benzene rings is 1. The Labute approximate surface area is 161 Å². The van der Waals surface area contributed by atoms with Gasteiger partial charge in [0.1, 0.15) is 5.82 Å². The summed E-state index contributed by atoms with van der Waals surface area (Å²) >= 11 is 3.23. The SMILES string of the molecule is Cc1ccc(C(C)C)cc1.Nc1ccc(Br)cn1.[Cl-].[Cl-].[Ru+2]. The fraction of sp³-hybridized carbons (Fsp3) is 0.267. The molecule has 118 valence electrons. The molecule has 1 aromatic carbocycles. The van der Waals surface area contributed by atoms with Crippen molar-refractivity contribution in [3.05, 3.63) is 58.2 Å². The number of nitrogens with two attached hydrogens (primary N) is 1. The maximum atomic E-state index is 5.29. The van der Waals surface area contributed by atoms with Gasteiger partial charge in [-0.05, 0) is 46.5 Å². The normalized spacial score (nSPS) is 8.43. The number of pyridine rings is 1. The van der Waals surface area contributed by atoms with E-state index in [1.54, 1.807) is 12.3 Å². The van der Waals surface area contributed by atoms with Crippen molar-refractivity contribution in [3.63, 3.8) is 0 Å². The fourth-order valence-electron chi connectivity index (χ4n) is 1.34. The van der Waals surface area contributed by atoms with Crippen molar-refractivity contribution >= 4 is 21.7 Å². The number of hydrogen-bond donors (Lipinski definition) is 1. The van der Waals surface area contributed by atoms with Gasteiger partial charge in [-0.25, -0.2) is 4.98 Å². The van der Waals surface area contributed by atoms with Crippen LogP contribution in [0.15, 0.2) is 47.1 Å². The molecule has 1 heterocycles. The fourth-order valence-corrected chi connectivity index (χ4v) is 1.57. The Morgan fingerprint density at radius 3 is 1.86 bits per heavy atom. The predicted molar refractivity (Wildman–Crippen MR) is 81.6 cm³/mol. The summed E-state index contributed by atoms with van der Waals surface area (Å²) < 4.78 is 0.951. The molecule has 0 amide bonds. The molecule has 0 saturated heterocycles. The molecule has 0 aliphatic heterocycles. The molecule has 0 aliphatic carbocycles. The van der Waals surface area contributed by atoms with E-state index in [0.717, 1.165) is 4.47 Å². The van der Waals surface area contributed by atoms with Crippen molar-refractivity contribution in [1.82, 2.24) is 4.98 Å². The molecule has 0 aliphatic rings. The molecular weight excluding hydrogens is 460 g/mol. The Balaban J connectivity index is -0.000000274. The summed E-state index contributed by atoms with van der Waals surface area (Å²) in [5.41, 5.74) is 8.05. The summed E-state index contributed by atoms with van der Waals surface area (Å²) in [5.74, 6) is 1.20. The van der Waals surface area contributed by atoms with Gasteiger partial charge in [-0.2, -0.15) is 0 Å². The standard InChI is InChI=1S/C10H14.C5H5BrN2.2ClH.Ru/c1-8(2)10-6-4-9(3)5-7-10;6-4-1-2-5(7)8-3-4;;;/h4-8H,1-3H3;1-3H,(H2,7,8);2*1H;/q;;;;+2/p-2. The zero-order valence-electron chi connectivity index (χ0n) is 12.1. The average Bonchev–Trinajstić information content (AvgIpc) is 2.34. The van der Waals surface area contributed by atoms with Crippen LogP contribution < -0.4 is 30.5 Å².